The van der Waals surface area contributed by atoms with Gasteiger partial charge in [0.25, 0.3) is 0 Å². The highest BCUT2D eigenvalue weighted by atomic mass is 16.4. The standard InChI is InChI=1S/C14H26N2O4/c1-13-4-14(2)7-15(5-13)12(16(6-13)8-14)11(20)10(19)9(18)3-17/h9-12,17-20H,3-8H2,1-2H3/t9-,10+,11-,12?,13?,14?/m0/s1. The van der Waals surface area contributed by atoms with Crippen LogP contribution >= 0.6 is 0 Å². The summed E-state index contributed by atoms with van der Waals surface area (Å²) in [5.41, 5.74) is 0.504. The Morgan fingerprint density at radius 2 is 1.45 bits per heavy atom. The average Bonchev–Trinajstić information content (AvgIpc) is 2.32. The molecule has 6 heteroatoms. The minimum absolute atomic E-state index is 0.252. The van der Waals surface area contributed by atoms with Crippen LogP contribution in [0.2, 0.25) is 0 Å². The predicted molar refractivity (Wildman–Crippen MR) is 72.9 cm³/mol. The molecule has 0 unspecified atom stereocenters. The number of rotatable bonds is 4. The lowest BCUT2D eigenvalue weighted by atomic mass is 9.63. The molecule has 0 saturated carbocycles. The van der Waals surface area contributed by atoms with E-state index in [9.17, 15) is 15.3 Å². The van der Waals surface area contributed by atoms with Gasteiger partial charge in [-0.2, -0.15) is 0 Å². The molecule has 4 rings (SSSR count). The molecule has 0 spiro atoms. The van der Waals surface area contributed by atoms with Gasteiger partial charge in [0.1, 0.15) is 18.3 Å². The SMILES string of the molecule is CC12CN3CC(C)(CN(C1)C3[C@@H](O)[C@H](O)[C@@H](O)CO)C2. The molecule has 0 aromatic rings. The quantitative estimate of drug-likeness (QED) is 0.500. The van der Waals surface area contributed by atoms with Crippen molar-refractivity contribution in [1.82, 2.24) is 9.80 Å². The van der Waals surface area contributed by atoms with Crippen molar-refractivity contribution in [1.29, 1.82) is 0 Å². The lowest BCUT2D eigenvalue weighted by molar-refractivity contribution is -0.235. The second kappa shape index (κ2) is 4.63. The summed E-state index contributed by atoms with van der Waals surface area (Å²) in [6.07, 6.45) is -2.73. The van der Waals surface area contributed by atoms with E-state index in [2.05, 4.69) is 23.6 Å². The third kappa shape index (κ3) is 2.19. The molecule has 4 aliphatic heterocycles. The molecule has 0 amide bonds. The van der Waals surface area contributed by atoms with E-state index in [0.717, 1.165) is 26.2 Å². The van der Waals surface area contributed by atoms with Gasteiger partial charge in [0.05, 0.1) is 12.8 Å². The minimum Gasteiger partial charge on any atom is -0.394 e. The van der Waals surface area contributed by atoms with Crippen LogP contribution in [0.3, 0.4) is 0 Å². The highest BCUT2D eigenvalue weighted by molar-refractivity contribution is 5.09. The Balaban J connectivity index is 1.80. The van der Waals surface area contributed by atoms with Gasteiger partial charge >= 0.3 is 0 Å². The number of piperidine rings is 2. The molecular formula is C14H26N2O4. The van der Waals surface area contributed by atoms with Crippen LogP contribution in [0, 0.1) is 10.8 Å². The van der Waals surface area contributed by atoms with Crippen LogP contribution in [0.25, 0.3) is 0 Å². The van der Waals surface area contributed by atoms with Crippen molar-refractivity contribution in [2.24, 2.45) is 10.8 Å². The molecular weight excluding hydrogens is 260 g/mol. The highest BCUT2D eigenvalue weighted by Crippen LogP contribution is 2.51. The summed E-state index contributed by atoms with van der Waals surface area (Å²) in [6.45, 7) is 7.70. The molecule has 4 N–H and O–H groups in total. The van der Waals surface area contributed by atoms with Crippen LogP contribution in [-0.4, -0.2) is 87.5 Å². The lowest BCUT2D eigenvalue weighted by Crippen LogP contribution is -2.77. The molecule has 0 aliphatic carbocycles. The van der Waals surface area contributed by atoms with E-state index in [1.807, 2.05) is 0 Å². The molecule has 0 aromatic carbocycles. The van der Waals surface area contributed by atoms with Crippen molar-refractivity contribution in [3.05, 3.63) is 0 Å². The third-order valence-electron chi connectivity index (χ3n) is 5.18. The fraction of sp³-hybridized carbons (Fsp3) is 1.00. The Bertz CT molecular complexity index is 355. The van der Waals surface area contributed by atoms with Crippen molar-refractivity contribution >= 4 is 0 Å². The maximum Gasteiger partial charge on any atom is 0.111 e. The first-order valence-corrected chi connectivity index (χ1v) is 7.40. The summed E-state index contributed by atoms with van der Waals surface area (Å²) in [4.78, 5) is 4.46. The van der Waals surface area contributed by atoms with E-state index in [1.54, 1.807) is 0 Å². The van der Waals surface area contributed by atoms with Crippen LogP contribution in [-0.2, 0) is 0 Å². The molecule has 116 valence electrons. The molecule has 6 nitrogen and oxygen atoms in total. The molecule has 4 saturated heterocycles. The molecule has 20 heavy (non-hydrogen) atoms. The zero-order valence-electron chi connectivity index (χ0n) is 12.2. The van der Waals surface area contributed by atoms with Crippen LogP contribution in [0.1, 0.15) is 20.3 Å². The van der Waals surface area contributed by atoms with E-state index in [0.29, 0.717) is 0 Å². The molecule has 4 bridgehead atoms. The zero-order chi connectivity index (χ0) is 14.7. The second-order valence-corrected chi connectivity index (χ2v) is 7.75. The topological polar surface area (TPSA) is 87.4 Å². The van der Waals surface area contributed by atoms with Crippen LogP contribution in [0.5, 0.6) is 0 Å². The Labute approximate surface area is 119 Å². The highest BCUT2D eigenvalue weighted by Gasteiger charge is 2.58. The summed E-state index contributed by atoms with van der Waals surface area (Å²) in [5, 5.41) is 38.9. The van der Waals surface area contributed by atoms with Gasteiger partial charge in [-0.1, -0.05) is 13.8 Å². The number of hydrogen-bond acceptors (Lipinski definition) is 6. The predicted octanol–water partition coefficient (Wildman–Crippen LogP) is -1.56. The van der Waals surface area contributed by atoms with Crippen molar-refractivity contribution in [2.75, 3.05) is 32.8 Å². The van der Waals surface area contributed by atoms with Crippen molar-refractivity contribution in [3.8, 4) is 0 Å². The van der Waals surface area contributed by atoms with Gasteiger partial charge in [-0.15, -0.1) is 0 Å². The zero-order valence-corrected chi connectivity index (χ0v) is 12.2. The first-order chi connectivity index (χ1) is 9.27. The first-order valence-electron chi connectivity index (χ1n) is 7.40. The van der Waals surface area contributed by atoms with Gasteiger partial charge in [-0.25, -0.2) is 0 Å². The fourth-order valence-corrected chi connectivity index (χ4v) is 4.98. The van der Waals surface area contributed by atoms with Gasteiger partial charge in [-0.3, -0.25) is 9.80 Å². The van der Waals surface area contributed by atoms with Gasteiger partial charge in [-0.05, 0) is 17.3 Å². The smallest absolute Gasteiger partial charge is 0.111 e. The maximum absolute atomic E-state index is 10.4. The number of aliphatic hydroxyl groups excluding tert-OH is 4. The van der Waals surface area contributed by atoms with E-state index >= 15 is 0 Å². The van der Waals surface area contributed by atoms with E-state index in [1.165, 1.54) is 6.42 Å². The van der Waals surface area contributed by atoms with Gasteiger partial charge < -0.3 is 20.4 Å². The maximum atomic E-state index is 10.4. The first kappa shape index (κ1) is 14.7. The summed E-state index contributed by atoms with van der Waals surface area (Å²) in [6, 6.07) is 0. The molecule has 0 radical (unpaired) electrons. The van der Waals surface area contributed by atoms with Crippen molar-refractivity contribution in [2.45, 2.75) is 44.7 Å². The summed E-state index contributed by atoms with van der Waals surface area (Å²) < 4.78 is 0. The lowest BCUT2D eigenvalue weighted by Gasteiger charge is -2.67. The monoisotopic (exact) mass is 286 g/mol. The van der Waals surface area contributed by atoms with Gasteiger partial charge in [0, 0.05) is 26.2 Å². The average molecular weight is 286 g/mol. The van der Waals surface area contributed by atoms with E-state index in [-0.39, 0.29) is 17.0 Å². The van der Waals surface area contributed by atoms with Crippen molar-refractivity contribution in [3.63, 3.8) is 0 Å². The molecule has 4 aliphatic rings. The van der Waals surface area contributed by atoms with Crippen molar-refractivity contribution < 1.29 is 20.4 Å². The third-order valence-corrected chi connectivity index (χ3v) is 5.18. The van der Waals surface area contributed by atoms with E-state index in [4.69, 9.17) is 5.11 Å². The van der Waals surface area contributed by atoms with Gasteiger partial charge in [0.2, 0.25) is 0 Å². The largest absolute Gasteiger partial charge is 0.394 e. The summed E-state index contributed by atoms with van der Waals surface area (Å²) in [5.74, 6) is 0. The molecule has 4 fully saturated rings. The Kier molecular flexibility index (Phi) is 3.40. The van der Waals surface area contributed by atoms with Crippen LogP contribution < -0.4 is 0 Å². The molecule has 3 atom stereocenters. The van der Waals surface area contributed by atoms with Crippen LogP contribution in [0.15, 0.2) is 0 Å². The number of aliphatic hydroxyl groups is 4. The normalized spacial score (nSPS) is 51.0. The second-order valence-electron chi connectivity index (χ2n) is 7.75. The Morgan fingerprint density at radius 3 is 1.85 bits per heavy atom. The van der Waals surface area contributed by atoms with Gasteiger partial charge in [0.15, 0.2) is 0 Å². The Hall–Kier alpha value is -0.240. The number of nitrogens with zero attached hydrogens (tertiary/aromatic N) is 2. The Morgan fingerprint density at radius 1 is 1.00 bits per heavy atom. The molecule has 0 aromatic heterocycles. The summed E-state index contributed by atoms with van der Waals surface area (Å²) >= 11 is 0. The minimum atomic E-state index is -1.32. The fourth-order valence-electron chi connectivity index (χ4n) is 4.98. The van der Waals surface area contributed by atoms with Crippen LogP contribution in [0.4, 0.5) is 0 Å². The summed E-state index contributed by atoms with van der Waals surface area (Å²) in [7, 11) is 0. The molecule has 4 heterocycles. The number of hydrogen-bond donors (Lipinski definition) is 4. The van der Waals surface area contributed by atoms with E-state index < -0.39 is 24.9 Å².